The molecule has 1 aliphatic rings. The third-order valence-corrected chi connectivity index (χ3v) is 5.53. The Bertz CT molecular complexity index is 514. The van der Waals surface area contributed by atoms with Crippen molar-refractivity contribution in [2.45, 2.75) is 37.9 Å². The van der Waals surface area contributed by atoms with E-state index in [1.807, 2.05) is 6.07 Å². The minimum absolute atomic E-state index is 0.269. The Morgan fingerprint density at radius 3 is 2.83 bits per heavy atom. The van der Waals surface area contributed by atoms with Gasteiger partial charge < -0.3 is 5.32 Å². The van der Waals surface area contributed by atoms with Crippen molar-refractivity contribution < 1.29 is 8.42 Å². The predicted molar refractivity (Wildman–Crippen MR) is 71.4 cm³/mol. The standard InChI is InChI=1S/C12H19N3O2S/c1-9(2)11-6-12(15-8-14-11)13-7-10-4-3-5-18(10,16)17/h6,8-10H,3-5,7H2,1-2H3,(H,13,14,15). The summed E-state index contributed by atoms with van der Waals surface area (Å²) in [4.78, 5) is 8.29. The summed E-state index contributed by atoms with van der Waals surface area (Å²) in [6.45, 7) is 4.57. The summed E-state index contributed by atoms with van der Waals surface area (Å²) in [5, 5.41) is 2.84. The molecule has 1 fully saturated rings. The fourth-order valence-corrected chi connectivity index (χ4v) is 3.86. The zero-order valence-electron chi connectivity index (χ0n) is 10.8. The number of hydrogen-bond acceptors (Lipinski definition) is 5. The van der Waals surface area contributed by atoms with Crippen LogP contribution < -0.4 is 5.32 Å². The monoisotopic (exact) mass is 269 g/mol. The normalized spacial score (nSPS) is 22.3. The molecule has 6 heteroatoms. The fraction of sp³-hybridized carbons (Fsp3) is 0.667. The van der Waals surface area contributed by atoms with Gasteiger partial charge in [-0.05, 0) is 18.8 Å². The van der Waals surface area contributed by atoms with Crippen LogP contribution in [0.5, 0.6) is 0 Å². The van der Waals surface area contributed by atoms with Crippen LogP contribution >= 0.6 is 0 Å². The number of anilines is 1. The maximum atomic E-state index is 11.7. The molecule has 0 spiro atoms. The lowest BCUT2D eigenvalue weighted by atomic mass is 10.1. The molecule has 0 saturated carbocycles. The van der Waals surface area contributed by atoms with Crippen molar-refractivity contribution in [3.63, 3.8) is 0 Å². The summed E-state index contributed by atoms with van der Waals surface area (Å²) in [5.41, 5.74) is 0.960. The van der Waals surface area contributed by atoms with Gasteiger partial charge in [-0.25, -0.2) is 18.4 Å². The number of nitrogens with one attached hydrogen (secondary N) is 1. The molecule has 1 aromatic rings. The zero-order valence-corrected chi connectivity index (χ0v) is 11.6. The highest BCUT2D eigenvalue weighted by Crippen LogP contribution is 2.20. The Morgan fingerprint density at radius 2 is 2.22 bits per heavy atom. The minimum atomic E-state index is -2.89. The van der Waals surface area contributed by atoms with Crippen LogP contribution in [0.2, 0.25) is 0 Å². The van der Waals surface area contributed by atoms with Crippen LogP contribution in [0.1, 0.15) is 38.3 Å². The van der Waals surface area contributed by atoms with E-state index >= 15 is 0 Å². The Hall–Kier alpha value is -1.17. The highest BCUT2D eigenvalue weighted by Gasteiger charge is 2.30. The molecule has 2 rings (SSSR count). The maximum absolute atomic E-state index is 11.7. The first-order chi connectivity index (χ1) is 8.49. The van der Waals surface area contributed by atoms with Gasteiger partial charge in [0.1, 0.15) is 12.1 Å². The van der Waals surface area contributed by atoms with Crippen LogP contribution in [0.4, 0.5) is 5.82 Å². The van der Waals surface area contributed by atoms with Crippen molar-refractivity contribution in [3.8, 4) is 0 Å². The topological polar surface area (TPSA) is 72.0 Å². The van der Waals surface area contributed by atoms with Crippen molar-refractivity contribution in [2.75, 3.05) is 17.6 Å². The third-order valence-electron chi connectivity index (χ3n) is 3.25. The van der Waals surface area contributed by atoms with E-state index < -0.39 is 9.84 Å². The van der Waals surface area contributed by atoms with Gasteiger partial charge in [0.05, 0.1) is 11.0 Å². The minimum Gasteiger partial charge on any atom is -0.369 e. The van der Waals surface area contributed by atoms with Gasteiger partial charge in [0.25, 0.3) is 0 Å². The second-order valence-electron chi connectivity index (χ2n) is 4.99. The molecule has 1 atom stereocenters. The number of aromatic nitrogens is 2. The molecule has 0 aromatic carbocycles. The van der Waals surface area contributed by atoms with Gasteiger partial charge in [-0.3, -0.25) is 0 Å². The van der Waals surface area contributed by atoms with Crippen LogP contribution in [-0.2, 0) is 9.84 Å². The lowest BCUT2D eigenvalue weighted by molar-refractivity contribution is 0.591. The van der Waals surface area contributed by atoms with E-state index in [-0.39, 0.29) is 5.25 Å². The quantitative estimate of drug-likeness (QED) is 0.898. The average Bonchev–Trinajstić information content (AvgIpc) is 2.66. The second-order valence-corrected chi connectivity index (χ2v) is 7.40. The van der Waals surface area contributed by atoms with Gasteiger partial charge in [-0.1, -0.05) is 13.8 Å². The van der Waals surface area contributed by atoms with Gasteiger partial charge in [0.15, 0.2) is 9.84 Å². The lowest BCUT2D eigenvalue weighted by Crippen LogP contribution is -2.25. The first kappa shape index (κ1) is 13.3. The van der Waals surface area contributed by atoms with Gasteiger partial charge >= 0.3 is 0 Å². The van der Waals surface area contributed by atoms with Crippen LogP contribution in [-0.4, -0.2) is 35.9 Å². The molecule has 0 amide bonds. The lowest BCUT2D eigenvalue weighted by Gasteiger charge is -2.12. The molecule has 1 saturated heterocycles. The highest BCUT2D eigenvalue weighted by atomic mass is 32.2. The molecular formula is C12H19N3O2S. The Morgan fingerprint density at radius 1 is 1.44 bits per heavy atom. The summed E-state index contributed by atoms with van der Waals surface area (Å²) in [5.74, 6) is 1.36. The summed E-state index contributed by atoms with van der Waals surface area (Å²) in [7, 11) is -2.89. The van der Waals surface area contributed by atoms with Crippen molar-refractivity contribution in [1.29, 1.82) is 0 Å². The molecule has 5 nitrogen and oxygen atoms in total. The number of hydrogen-bond donors (Lipinski definition) is 1. The van der Waals surface area contributed by atoms with Crippen molar-refractivity contribution in [1.82, 2.24) is 9.97 Å². The van der Waals surface area contributed by atoms with Gasteiger partial charge in [-0.15, -0.1) is 0 Å². The molecular weight excluding hydrogens is 250 g/mol. The Labute approximate surface area is 108 Å². The molecule has 1 unspecified atom stereocenters. The van der Waals surface area contributed by atoms with Gasteiger partial charge in [0, 0.05) is 18.3 Å². The van der Waals surface area contributed by atoms with Crippen LogP contribution in [0.3, 0.4) is 0 Å². The number of sulfone groups is 1. The van der Waals surface area contributed by atoms with Gasteiger partial charge in [0.2, 0.25) is 0 Å². The van der Waals surface area contributed by atoms with E-state index in [0.29, 0.717) is 24.0 Å². The molecule has 0 radical (unpaired) electrons. The van der Waals surface area contributed by atoms with Crippen LogP contribution in [0.25, 0.3) is 0 Å². The number of nitrogens with zero attached hydrogens (tertiary/aromatic N) is 2. The third kappa shape index (κ3) is 2.98. The fourth-order valence-electron chi connectivity index (χ4n) is 2.09. The molecule has 100 valence electrons. The molecule has 0 bridgehead atoms. The first-order valence-electron chi connectivity index (χ1n) is 6.26. The molecule has 1 aliphatic heterocycles. The smallest absolute Gasteiger partial charge is 0.154 e. The average molecular weight is 269 g/mol. The SMILES string of the molecule is CC(C)c1cc(NCC2CCCS2(=O)=O)ncn1. The molecule has 2 heterocycles. The summed E-state index contributed by atoms with van der Waals surface area (Å²) in [6, 6.07) is 1.88. The molecule has 18 heavy (non-hydrogen) atoms. The van der Waals surface area contributed by atoms with E-state index in [9.17, 15) is 8.42 Å². The summed E-state index contributed by atoms with van der Waals surface area (Å²) in [6.07, 6.45) is 3.04. The Balaban J connectivity index is 2.00. The van der Waals surface area contributed by atoms with Crippen molar-refractivity contribution in [2.24, 2.45) is 0 Å². The molecule has 1 aromatic heterocycles. The highest BCUT2D eigenvalue weighted by molar-refractivity contribution is 7.92. The molecule has 0 aliphatic carbocycles. The van der Waals surface area contributed by atoms with Gasteiger partial charge in [-0.2, -0.15) is 0 Å². The second kappa shape index (κ2) is 5.22. The van der Waals surface area contributed by atoms with E-state index in [0.717, 1.165) is 18.5 Å². The van der Waals surface area contributed by atoms with E-state index in [1.165, 1.54) is 6.33 Å². The Kier molecular flexibility index (Phi) is 3.85. The number of rotatable bonds is 4. The molecule has 1 N–H and O–H groups in total. The van der Waals surface area contributed by atoms with Crippen molar-refractivity contribution in [3.05, 3.63) is 18.1 Å². The van der Waals surface area contributed by atoms with E-state index in [2.05, 4.69) is 29.1 Å². The summed E-state index contributed by atoms with van der Waals surface area (Å²) < 4.78 is 23.4. The van der Waals surface area contributed by atoms with E-state index in [1.54, 1.807) is 0 Å². The predicted octanol–water partition coefficient (Wildman–Crippen LogP) is 1.59. The maximum Gasteiger partial charge on any atom is 0.154 e. The van der Waals surface area contributed by atoms with E-state index in [4.69, 9.17) is 0 Å². The van der Waals surface area contributed by atoms with Crippen LogP contribution in [0.15, 0.2) is 12.4 Å². The summed E-state index contributed by atoms with van der Waals surface area (Å²) >= 11 is 0. The first-order valence-corrected chi connectivity index (χ1v) is 7.98. The van der Waals surface area contributed by atoms with Crippen LogP contribution in [0, 0.1) is 0 Å². The largest absolute Gasteiger partial charge is 0.369 e. The van der Waals surface area contributed by atoms with Crippen molar-refractivity contribution >= 4 is 15.7 Å². The zero-order chi connectivity index (χ0) is 13.2.